The summed E-state index contributed by atoms with van der Waals surface area (Å²) in [6.07, 6.45) is 3.73. The van der Waals surface area contributed by atoms with Crippen molar-refractivity contribution >= 4 is 5.91 Å². The van der Waals surface area contributed by atoms with Gasteiger partial charge in [0.25, 0.3) is 0 Å². The van der Waals surface area contributed by atoms with E-state index >= 15 is 0 Å². The lowest BCUT2D eigenvalue weighted by Gasteiger charge is -2.43. The van der Waals surface area contributed by atoms with Crippen LogP contribution in [0.3, 0.4) is 0 Å². The molecule has 1 saturated carbocycles. The first-order valence-electron chi connectivity index (χ1n) is 8.70. The van der Waals surface area contributed by atoms with Gasteiger partial charge in [-0.05, 0) is 36.6 Å². The maximum atomic E-state index is 12.4. The monoisotopic (exact) mass is 339 g/mol. The molecule has 3 rings (SSSR count). The molecule has 1 fully saturated rings. The van der Waals surface area contributed by atoms with Crippen LogP contribution in [-0.2, 0) is 16.6 Å². The van der Waals surface area contributed by atoms with Crippen LogP contribution in [0.15, 0.2) is 48.5 Å². The molecule has 4 nitrogen and oxygen atoms in total. The normalized spacial score (nSPS) is 15.1. The highest BCUT2D eigenvalue weighted by Crippen LogP contribution is 2.46. The number of hydrogen-bond acceptors (Lipinski definition) is 3. The molecule has 0 heterocycles. The van der Waals surface area contributed by atoms with Crippen molar-refractivity contribution < 1.29 is 14.3 Å². The molecule has 0 bridgehead atoms. The van der Waals surface area contributed by atoms with Gasteiger partial charge >= 0.3 is 0 Å². The first-order valence-corrected chi connectivity index (χ1v) is 8.70. The molecule has 1 N–H and O–H groups in total. The molecule has 0 radical (unpaired) electrons. The first-order chi connectivity index (χ1) is 12.2. The number of benzene rings is 2. The molecule has 0 unspecified atom stereocenters. The van der Waals surface area contributed by atoms with Crippen LogP contribution in [0.25, 0.3) is 0 Å². The van der Waals surface area contributed by atoms with E-state index in [0.717, 1.165) is 29.9 Å². The van der Waals surface area contributed by atoms with Crippen molar-refractivity contribution in [3.05, 3.63) is 59.7 Å². The maximum absolute atomic E-state index is 12.4. The van der Waals surface area contributed by atoms with Crippen LogP contribution < -0.4 is 14.8 Å². The number of ether oxygens (including phenoxy) is 2. The second kappa shape index (κ2) is 7.60. The topological polar surface area (TPSA) is 47.6 Å². The number of hydrogen-bond donors (Lipinski definition) is 1. The third-order valence-corrected chi connectivity index (χ3v) is 5.14. The van der Waals surface area contributed by atoms with Gasteiger partial charge in [0.15, 0.2) is 0 Å². The van der Waals surface area contributed by atoms with E-state index in [1.54, 1.807) is 14.2 Å². The zero-order valence-electron chi connectivity index (χ0n) is 14.9. The fraction of sp³-hybridized carbons (Fsp3) is 0.381. The smallest absolute Gasteiger partial charge is 0.224 e. The molecule has 0 atom stereocenters. The molecule has 0 aromatic heterocycles. The van der Waals surface area contributed by atoms with E-state index in [0.29, 0.717) is 13.0 Å². The predicted molar refractivity (Wildman–Crippen MR) is 98.2 cm³/mol. The van der Waals surface area contributed by atoms with Crippen LogP contribution in [0.1, 0.15) is 30.4 Å². The van der Waals surface area contributed by atoms with E-state index in [1.165, 1.54) is 12.0 Å². The number of carbonyl (C=O) groups excluding carboxylic acids is 1. The molecule has 0 aliphatic heterocycles. The Hall–Kier alpha value is -2.49. The molecular formula is C21H25NO3. The van der Waals surface area contributed by atoms with Gasteiger partial charge in [-0.3, -0.25) is 4.79 Å². The number of rotatable bonds is 7. The van der Waals surface area contributed by atoms with E-state index in [1.807, 2.05) is 42.5 Å². The lowest BCUT2D eigenvalue weighted by atomic mass is 9.64. The highest BCUT2D eigenvalue weighted by molar-refractivity contribution is 5.78. The number of methoxy groups -OCH3 is 2. The summed E-state index contributed by atoms with van der Waals surface area (Å²) < 4.78 is 10.7. The van der Waals surface area contributed by atoms with Crippen molar-refractivity contribution in [2.75, 3.05) is 20.8 Å². The van der Waals surface area contributed by atoms with Gasteiger partial charge in [0.2, 0.25) is 5.91 Å². The lowest BCUT2D eigenvalue weighted by Crippen LogP contribution is -2.46. The van der Waals surface area contributed by atoms with Crippen LogP contribution >= 0.6 is 0 Å². The highest BCUT2D eigenvalue weighted by atomic mass is 16.5. The Morgan fingerprint density at radius 3 is 2.36 bits per heavy atom. The quantitative estimate of drug-likeness (QED) is 0.840. The summed E-state index contributed by atoms with van der Waals surface area (Å²) in [5.41, 5.74) is 2.19. The van der Waals surface area contributed by atoms with Gasteiger partial charge in [0, 0.05) is 17.5 Å². The van der Waals surface area contributed by atoms with Gasteiger partial charge in [0.1, 0.15) is 11.5 Å². The summed E-state index contributed by atoms with van der Waals surface area (Å²) in [7, 11) is 3.34. The van der Waals surface area contributed by atoms with Gasteiger partial charge in [-0.15, -0.1) is 0 Å². The van der Waals surface area contributed by atoms with Crippen molar-refractivity contribution in [2.45, 2.75) is 31.1 Å². The molecule has 132 valence electrons. The van der Waals surface area contributed by atoms with E-state index in [-0.39, 0.29) is 11.3 Å². The van der Waals surface area contributed by atoms with Crippen LogP contribution in [0.4, 0.5) is 0 Å². The fourth-order valence-electron chi connectivity index (χ4n) is 3.49. The van der Waals surface area contributed by atoms with Gasteiger partial charge in [-0.1, -0.05) is 36.8 Å². The van der Waals surface area contributed by atoms with Crippen molar-refractivity contribution in [1.82, 2.24) is 5.32 Å². The summed E-state index contributed by atoms with van der Waals surface area (Å²) in [6, 6.07) is 15.8. The fourth-order valence-corrected chi connectivity index (χ4v) is 3.49. The summed E-state index contributed by atoms with van der Waals surface area (Å²) in [6.45, 7) is 0.655. The Kier molecular flexibility index (Phi) is 5.27. The molecule has 25 heavy (non-hydrogen) atoms. The number of para-hydroxylation sites is 1. The lowest BCUT2D eigenvalue weighted by molar-refractivity contribution is -0.120. The Balaban J connectivity index is 1.63. The molecule has 0 saturated heterocycles. The molecule has 1 aliphatic rings. The van der Waals surface area contributed by atoms with E-state index in [2.05, 4.69) is 11.4 Å². The zero-order valence-corrected chi connectivity index (χ0v) is 14.9. The van der Waals surface area contributed by atoms with Crippen molar-refractivity contribution in [1.29, 1.82) is 0 Å². The summed E-state index contributed by atoms with van der Waals surface area (Å²) in [5.74, 6) is 1.76. The van der Waals surface area contributed by atoms with Crippen LogP contribution in [-0.4, -0.2) is 26.7 Å². The predicted octanol–water partition coefficient (Wildman–Crippen LogP) is 3.48. The molecule has 2 aromatic carbocycles. The molecule has 1 amide bonds. The number of carbonyl (C=O) groups is 1. The third-order valence-electron chi connectivity index (χ3n) is 5.14. The van der Waals surface area contributed by atoms with Crippen molar-refractivity contribution in [3.8, 4) is 11.5 Å². The van der Waals surface area contributed by atoms with E-state index in [4.69, 9.17) is 9.47 Å². The molecule has 4 heteroatoms. The van der Waals surface area contributed by atoms with Gasteiger partial charge in [-0.2, -0.15) is 0 Å². The maximum Gasteiger partial charge on any atom is 0.224 e. The second-order valence-corrected chi connectivity index (χ2v) is 6.64. The van der Waals surface area contributed by atoms with Crippen LogP contribution in [0, 0.1) is 0 Å². The Bertz CT molecular complexity index is 720. The largest absolute Gasteiger partial charge is 0.497 e. The SMILES string of the molecule is COc1ccc(CC(=O)NCC2(c3ccccc3OC)CCC2)cc1. The zero-order chi connectivity index (χ0) is 17.7. The standard InChI is InChI=1S/C21H25NO3/c1-24-17-10-8-16(9-11-17)14-20(23)22-15-21(12-5-13-21)18-6-3-4-7-19(18)25-2/h3-4,6-11H,5,12-15H2,1-2H3,(H,22,23). The Morgan fingerprint density at radius 1 is 1.04 bits per heavy atom. The van der Waals surface area contributed by atoms with Crippen molar-refractivity contribution in [2.24, 2.45) is 0 Å². The average Bonchev–Trinajstić information content (AvgIpc) is 2.62. The van der Waals surface area contributed by atoms with Crippen LogP contribution in [0.5, 0.6) is 11.5 Å². The van der Waals surface area contributed by atoms with Crippen LogP contribution in [0.2, 0.25) is 0 Å². The van der Waals surface area contributed by atoms with E-state index in [9.17, 15) is 4.79 Å². The summed E-state index contributed by atoms with van der Waals surface area (Å²) in [5, 5.41) is 3.13. The summed E-state index contributed by atoms with van der Waals surface area (Å²) in [4.78, 5) is 12.4. The first kappa shape index (κ1) is 17.3. The molecular weight excluding hydrogens is 314 g/mol. The Labute approximate surface area is 149 Å². The second-order valence-electron chi connectivity index (χ2n) is 6.64. The average molecular weight is 339 g/mol. The van der Waals surface area contributed by atoms with Gasteiger partial charge < -0.3 is 14.8 Å². The van der Waals surface area contributed by atoms with E-state index < -0.39 is 0 Å². The van der Waals surface area contributed by atoms with Gasteiger partial charge in [-0.25, -0.2) is 0 Å². The Morgan fingerprint density at radius 2 is 1.76 bits per heavy atom. The molecule has 2 aromatic rings. The van der Waals surface area contributed by atoms with Crippen molar-refractivity contribution in [3.63, 3.8) is 0 Å². The van der Waals surface area contributed by atoms with Gasteiger partial charge in [0.05, 0.1) is 20.6 Å². The molecule has 0 spiro atoms. The number of amides is 1. The third kappa shape index (κ3) is 3.78. The highest BCUT2D eigenvalue weighted by Gasteiger charge is 2.40. The minimum Gasteiger partial charge on any atom is -0.497 e. The molecule has 1 aliphatic carbocycles. The minimum atomic E-state index is 0.00215. The minimum absolute atomic E-state index is 0.00215. The number of nitrogens with one attached hydrogen (secondary N) is 1. The summed E-state index contributed by atoms with van der Waals surface area (Å²) >= 11 is 0.